The van der Waals surface area contributed by atoms with Crippen molar-refractivity contribution in [2.24, 2.45) is 0 Å². The van der Waals surface area contributed by atoms with E-state index in [1.165, 1.54) is 0 Å². The Hall–Kier alpha value is -0.570. The summed E-state index contributed by atoms with van der Waals surface area (Å²) in [5.74, 6) is 0.210. The van der Waals surface area contributed by atoms with Gasteiger partial charge in [0.25, 0.3) is 0 Å². The summed E-state index contributed by atoms with van der Waals surface area (Å²) in [6.45, 7) is 10.6. The van der Waals surface area contributed by atoms with Gasteiger partial charge in [-0.2, -0.15) is 0 Å². The first-order valence-corrected chi connectivity index (χ1v) is 5.61. The molecule has 1 saturated heterocycles. The molecular formula is C11H24N2O. The Morgan fingerprint density at radius 3 is 2.36 bits per heavy atom. The van der Waals surface area contributed by atoms with Crippen LogP contribution in [0.3, 0.4) is 0 Å². The lowest BCUT2D eigenvalue weighted by Crippen LogP contribution is -2.52. The Morgan fingerprint density at radius 1 is 1.36 bits per heavy atom. The zero-order valence-corrected chi connectivity index (χ0v) is 10.2. The largest absolute Gasteiger partial charge is 0.340 e. The SMILES string of the molecule is CC.CCC1CN(C(C)=O)CCN1C. The summed E-state index contributed by atoms with van der Waals surface area (Å²) >= 11 is 0. The summed E-state index contributed by atoms with van der Waals surface area (Å²) < 4.78 is 0. The standard InChI is InChI=1S/C9H18N2O.C2H6/c1-4-9-7-11(8(2)12)6-5-10(9)3;1-2/h9H,4-7H2,1-3H3;1-2H3. The predicted molar refractivity (Wildman–Crippen MR) is 60.3 cm³/mol. The summed E-state index contributed by atoms with van der Waals surface area (Å²) in [4.78, 5) is 15.3. The average molecular weight is 200 g/mol. The molecule has 1 heterocycles. The van der Waals surface area contributed by atoms with Crippen LogP contribution in [0.25, 0.3) is 0 Å². The molecule has 0 bridgehead atoms. The Balaban J connectivity index is 0.000000791. The van der Waals surface area contributed by atoms with Crippen molar-refractivity contribution in [2.45, 2.75) is 40.2 Å². The van der Waals surface area contributed by atoms with Gasteiger partial charge in [0.15, 0.2) is 0 Å². The van der Waals surface area contributed by atoms with E-state index in [0.29, 0.717) is 6.04 Å². The van der Waals surface area contributed by atoms with Gasteiger partial charge < -0.3 is 4.90 Å². The molecule has 1 rings (SSSR count). The summed E-state index contributed by atoms with van der Waals surface area (Å²) in [6, 6.07) is 0.558. The van der Waals surface area contributed by atoms with Crippen molar-refractivity contribution in [2.75, 3.05) is 26.7 Å². The molecule has 14 heavy (non-hydrogen) atoms. The van der Waals surface area contributed by atoms with Crippen molar-refractivity contribution in [1.29, 1.82) is 0 Å². The fourth-order valence-corrected chi connectivity index (χ4v) is 1.67. The maximum atomic E-state index is 11.1. The number of hydrogen-bond acceptors (Lipinski definition) is 2. The monoisotopic (exact) mass is 200 g/mol. The number of carbonyl (C=O) groups excluding carboxylic acids is 1. The lowest BCUT2D eigenvalue weighted by Gasteiger charge is -2.38. The van der Waals surface area contributed by atoms with Gasteiger partial charge in [-0.05, 0) is 13.5 Å². The van der Waals surface area contributed by atoms with Crippen molar-refractivity contribution in [3.05, 3.63) is 0 Å². The second kappa shape index (κ2) is 6.82. The molecule has 0 aromatic carbocycles. The molecule has 0 aromatic heterocycles. The van der Waals surface area contributed by atoms with E-state index in [-0.39, 0.29) is 5.91 Å². The van der Waals surface area contributed by atoms with E-state index in [2.05, 4.69) is 18.9 Å². The lowest BCUT2D eigenvalue weighted by atomic mass is 10.1. The van der Waals surface area contributed by atoms with Gasteiger partial charge in [0, 0.05) is 32.6 Å². The van der Waals surface area contributed by atoms with Crippen LogP contribution in [0.15, 0.2) is 0 Å². The van der Waals surface area contributed by atoms with Crippen LogP contribution in [0.1, 0.15) is 34.1 Å². The first-order chi connectivity index (χ1) is 6.65. The fourth-order valence-electron chi connectivity index (χ4n) is 1.67. The summed E-state index contributed by atoms with van der Waals surface area (Å²) in [6.07, 6.45) is 1.13. The second-order valence-corrected chi connectivity index (χ2v) is 3.51. The number of amides is 1. The topological polar surface area (TPSA) is 23.6 Å². The molecule has 0 saturated carbocycles. The van der Waals surface area contributed by atoms with Gasteiger partial charge in [0.2, 0.25) is 5.91 Å². The minimum Gasteiger partial charge on any atom is -0.340 e. The number of rotatable bonds is 1. The zero-order chi connectivity index (χ0) is 11.1. The molecule has 3 nitrogen and oxygen atoms in total. The van der Waals surface area contributed by atoms with E-state index >= 15 is 0 Å². The van der Waals surface area contributed by atoms with Crippen molar-refractivity contribution >= 4 is 5.91 Å². The normalized spacial score (nSPS) is 22.6. The number of piperazine rings is 1. The maximum Gasteiger partial charge on any atom is 0.219 e. The van der Waals surface area contributed by atoms with Gasteiger partial charge in [-0.15, -0.1) is 0 Å². The highest BCUT2D eigenvalue weighted by Crippen LogP contribution is 2.10. The number of nitrogens with zero attached hydrogens (tertiary/aromatic N) is 2. The van der Waals surface area contributed by atoms with Crippen LogP contribution in [0.4, 0.5) is 0 Å². The third-order valence-electron chi connectivity index (χ3n) is 2.69. The third kappa shape index (κ3) is 3.66. The average Bonchev–Trinajstić information content (AvgIpc) is 2.21. The Morgan fingerprint density at radius 2 is 1.93 bits per heavy atom. The predicted octanol–water partition coefficient (Wildman–Crippen LogP) is 1.59. The van der Waals surface area contributed by atoms with Crippen molar-refractivity contribution in [1.82, 2.24) is 9.80 Å². The minimum atomic E-state index is 0.210. The van der Waals surface area contributed by atoms with Crippen LogP contribution in [-0.4, -0.2) is 48.4 Å². The van der Waals surface area contributed by atoms with Crippen LogP contribution < -0.4 is 0 Å². The van der Waals surface area contributed by atoms with E-state index in [0.717, 1.165) is 26.1 Å². The first-order valence-electron chi connectivity index (χ1n) is 5.61. The van der Waals surface area contributed by atoms with Gasteiger partial charge in [-0.25, -0.2) is 0 Å². The molecule has 0 N–H and O–H groups in total. The molecule has 1 amide bonds. The van der Waals surface area contributed by atoms with Crippen LogP contribution in [0.5, 0.6) is 0 Å². The van der Waals surface area contributed by atoms with Gasteiger partial charge in [-0.3, -0.25) is 9.69 Å². The molecule has 0 spiro atoms. The summed E-state index contributed by atoms with van der Waals surface area (Å²) in [5.41, 5.74) is 0. The van der Waals surface area contributed by atoms with Gasteiger partial charge in [-0.1, -0.05) is 20.8 Å². The highest BCUT2D eigenvalue weighted by Gasteiger charge is 2.23. The van der Waals surface area contributed by atoms with Crippen molar-refractivity contribution in [3.8, 4) is 0 Å². The summed E-state index contributed by atoms with van der Waals surface area (Å²) in [5, 5.41) is 0. The maximum absolute atomic E-state index is 11.1. The Bertz CT molecular complexity index is 171. The molecule has 0 aromatic rings. The molecule has 0 radical (unpaired) electrons. The summed E-state index contributed by atoms with van der Waals surface area (Å²) in [7, 11) is 2.13. The Kier molecular flexibility index (Phi) is 6.54. The minimum absolute atomic E-state index is 0.210. The highest BCUT2D eigenvalue weighted by atomic mass is 16.2. The molecule has 84 valence electrons. The highest BCUT2D eigenvalue weighted by molar-refractivity contribution is 5.73. The number of hydrogen-bond donors (Lipinski definition) is 0. The van der Waals surface area contributed by atoms with Gasteiger partial charge >= 0.3 is 0 Å². The Labute approximate surface area is 88.1 Å². The molecule has 1 fully saturated rings. The van der Waals surface area contributed by atoms with Crippen LogP contribution >= 0.6 is 0 Å². The van der Waals surface area contributed by atoms with E-state index < -0.39 is 0 Å². The van der Waals surface area contributed by atoms with E-state index in [4.69, 9.17) is 0 Å². The van der Waals surface area contributed by atoms with E-state index in [1.807, 2.05) is 18.7 Å². The van der Waals surface area contributed by atoms with Gasteiger partial charge in [0.05, 0.1) is 0 Å². The lowest BCUT2D eigenvalue weighted by molar-refractivity contribution is -0.131. The van der Waals surface area contributed by atoms with Crippen LogP contribution in [0.2, 0.25) is 0 Å². The van der Waals surface area contributed by atoms with Crippen LogP contribution in [0, 0.1) is 0 Å². The molecular weight excluding hydrogens is 176 g/mol. The van der Waals surface area contributed by atoms with Crippen molar-refractivity contribution < 1.29 is 4.79 Å². The zero-order valence-electron chi connectivity index (χ0n) is 10.2. The molecule has 1 aliphatic heterocycles. The fraction of sp³-hybridized carbons (Fsp3) is 0.909. The molecule has 0 aliphatic carbocycles. The second-order valence-electron chi connectivity index (χ2n) is 3.51. The first kappa shape index (κ1) is 13.4. The third-order valence-corrected chi connectivity index (χ3v) is 2.69. The number of carbonyl (C=O) groups is 1. The molecule has 3 heteroatoms. The molecule has 1 atom stereocenters. The van der Waals surface area contributed by atoms with E-state index in [9.17, 15) is 4.79 Å². The quantitative estimate of drug-likeness (QED) is 0.641. The van der Waals surface area contributed by atoms with Gasteiger partial charge in [0.1, 0.15) is 0 Å². The van der Waals surface area contributed by atoms with E-state index in [1.54, 1.807) is 6.92 Å². The smallest absolute Gasteiger partial charge is 0.219 e. The van der Waals surface area contributed by atoms with Crippen molar-refractivity contribution in [3.63, 3.8) is 0 Å². The number of likely N-dealkylation sites (N-methyl/N-ethyl adjacent to an activating group) is 1. The molecule has 1 unspecified atom stereocenters. The van der Waals surface area contributed by atoms with Crippen LogP contribution in [-0.2, 0) is 4.79 Å². The molecule has 1 aliphatic rings.